The molecule has 0 saturated heterocycles. The summed E-state index contributed by atoms with van der Waals surface area (Å²) in [5, 5.41) is 21.0. The van der Waals surface area contributed by atoms with Crippen LogP contribution < -0.4 is 0 Å². The van der Waals surface area contributed by atoms with Gasteiger partial charge < -0.3 is 5.11 Å². The van der Waals surface area contributed by atoms with Crippen molar-refractivity contribution in [3.05, 3.63) is 39.4 Å². The number of aryl methyl sites for hydroxylation is 1. The van der Waals surface area contributed by atoms with E-state index in [0.717, 1.165) is 4.88 Å². The number of hydrogen-bond donors (Lipinski definition) is 1. The van der Waals surface area contributed by atoms with E-state index in [1.54, 1.807) is 34.9 Å². The lowest BCUT2D eigenvalue weighted by molar-refractivity contribution is 0.0691. The molecule has 0 saturated carbocycles. The second kappa shape index (κ2) is 5.30. The monoisotopic (exact) mass is 323 g/mol. The van der Waals surface area contributed by atoms with E-state index in [4.69, 9.17) is 11.6 Å². The van der Waals surface area contributed by atoms with Crippen molar-refractivity contribution in [1.82, 2.24) is 24.8 Å². The Kier molecular flexibility index (Phi) is 3.48. The van der Waals surface area contributed by atoms with Crippen LogP contribution in [0, 0.1) is 0 Å². The van der Waals surface area contributed by atoms with Gasteiger partial charge in [0.15, 0.2) is 5.69 Å². The van der Waals surface area contributed by atoms with Crippen molar-refractivity contribution in [2.24, 2.45) is 7.05 Å². The lowest BCUT2D eigenvalue weighted by Gasteiger charge is -2.03. The molecule has 0 spiro atoms. The number of aromatic nitrogens is 5. The van der Waals surface area contributed by atoms with Crippen LogP contribution in [0.4, 0.5) is 0 Å². The molecule has 0 bridgehead atoms. The Morgan fingerprint density at radius 3 is 2.86 bits per heavy atom. The fraction of sp³-hybridized carbons (Fsp3) is 0.167. The van der Waals surface area contributed by atoms with Gasteiger partial charge in [0.2, 0.25) is 0 Å². The normalized spacial score (nSPS) is 11.0. The third kappa shape index (κ3) is 2.67. The van der Waals surface area contributed by atoms with Gasteiger partial charge in [0.25, 0.3) is 0 Å². The molecular formula is C12H10ClN5O2S. The fourth-order valence-corrected chi connectivity index (χ4v) is 3.05. The molecule has 0 aliphatic carbocycles. The van der Waals surface area contributed by atoms with E-state index < -0.39 is 5.97 Å². The number of aromatic carboxylic acids is 1. The van der Waals surface area contributed by atoms with Crippen molar-refractivity contribution < 1.29 is 9.90 Å². The molecule has 3 rings (SSSR count). The molecule has 0 fully saturated rings. The molecule has 108 valence electrons. The van der Waals surface area contributed by atoms with Crippen LogP contribution in [0.25, 0.3) is 11.3 Å². The van der Waals surface area contributed by atoms with E-state index in [9.17, 15) is 9.90 Å². The maximum Gasteiger partial charge on any atom is 0.358 e. The van der Waals surface area contributed by atoms with Crippen LogP contribution in [0.3, 0.4) is 0 Å². The summed E-state index contributed by atoms with van der Waals surface area (Å²) >= 11 is 7.33. The summed E-state index contributed by atoms with van der Waals surface area (Å²) in [6.45, 7) is 0.405. The van der Waals surface area contributed by atoms with Crippen molar-refractivity contribution in [2.75, 3.05) is 0 Å². The van der Waals surface area contributed by atoms with E-state index in [0.29, 0.717) is 22.1 Å². The molecule has 3 aromatic heterocycles. The molecule has 0 unspecified atom stereocenters. The summed E-state index contributed by atoms with van der Waals surface area (Å²) in [6, 6.07) is 3.67. The number of carboxylic acid groups (broad SMARTS) is 1. The van der Waals surface area contributed by atoms with E-state index in [2.05, 4.69) is 15.4 Å². The number of rotatable bonds is 4. The Balaban J connectivity index is 2.06. The highest BCUT2D eigenvalue weighted by Gasteiger charge is 2.22. The van der Waals surface area contributed by atoms with E-state index in [1.807, 2.05) is 6.07 Å². The molecule has 3 heterocycles. The van der Waals surface area contributed by atoms with Crippen LogP contribution in [0.15, 0.2) is 24.5 Å². The molecule has 0 atom stereocenters. The molecular weight excluding hydrogens is 314 g/mol. The number of carbonyl (C=O) groups is 1. The first-order valence-electron chi connectivity index (χ1n) is 5.94. The van der Waals surface area contributed by atoms with Gasteiger partial charge in [-0.25, -0.2) is 9.48 Å². The average Bonchev–Trinajstić information content (AvgIpc) is 3.10. The number of thiophene rings is 1. The highest BCUT2D eigenvalue weighted by Crippen LogP contribution is 2.26. The van der Waals surface area contributed by atoms with E-state index in [-0.39, 0.29) is 5.69 Å². The molecule has 21 heavy (non-hydrogen) atoms. The zero-order chi connectivity index (χ0) is 15.0. The first-order chi connectivity index (χ1) is 10.0. The zero-order valence-electron chi connectivity index (χ0n) is 10.9. The molecule has 9 heteroatoms. The van der Waals surface area contributed by atoms with Gasteiger partial charge >= 0.3 is 5.97 Å². The smallest absolute Gasteiger partial charge is 0.358 e. The van der Waals surface area contributed by atoms with Crippen molar-refractivity contribution in [3.8, 4) is 11.3 Å². The number of carboxylic acids is 1. The minimum absolute atomic E-state index is 0.0920. The summed E-state index contributed by atoms with van der Waals surface area (Å²) in [5.74, 6) is -1.12. The molecule has 0 aromatic carbocycles. The highest BCUT2D eigenvalue weighted by atomic mass is 35.5. The van der Waals surface area contributed by atoms with Crippen molar-refractivity contribution in [1.29, 1.82) is 0 Å². The molecule has 0 amide bonds. The standard InChI is InChI=1S/C12H10ClN5O2S/c1-17-5-7(4-14-17)11-10(12(19)20)15-16-18(11)6-8-2-3-9(13)21-8/h2-5H,6H2,1H3,(H,19,20). The van der Waals surface area contributed by atoms with Crippen LogP contribution >= 0.6 is 22.9 Å². The first kappa shape index (κ1) is 13.8. The molecule has 0 aliphatic rings. The minimum atomic E-state index is -1.12. The Morgan fingerprint density at radius 1 is 1.48 bits per heavy atom. The Bertz CT molecular complexity index is 806. The number of nitrogens with zero attached hydrogens (tertiary/aromatic N) is 5. The van der Waals surface area contributed by atoms with E-state index in [1.165, 1.54) is 11.3 Å². The Morgan fingerprint density at radius 2 is 2.29 bits per heavy atom. The van der Waals surface area contributed by atoms with Gasteiger partial charge in [0.05, 0.1) is 17.1 Å². The summed E-state index contributed by atoms with van der Waals surface area (Å²) in [6.07, 6.45) is 3.31. The van der Waals surface area contributed by atoms with Crippen molar-refractivity contribution >= 4 is 28.9 Å². The summed E-state index contributed by atoms with van der Waals surface area (Å²) in [7, 11) is 1.76. The van der Waals surface area contributed by atoms with E-state index >= 15 is 0 Å². The lowest BCUT2D eigenvalue weighted by atomic mass is 10.2. The van der Waals surface area contributed by atoms with Gasteiger partial charge in [-0.05, 0) is 12.1 Å². The van der Waals surface area contributed by atoms with Gasteiger partial charge in [0, 0.05) is 23.7 Å². The second-order valence-electron chi connectivity index (χ2n) is 4.36. The maximum absolute atomic E-state index is 11.3. The molecule has 7 nitrogen and oxygen atoms in total. The van der Waals surface area contributed by atoms with Gasteiger partial charge in [-0.2, -0.15) is 5.10 Å². The van der Waals surface area contributed by atoms with Crippen LogP contribution in [0.1, 0.15) is 15.4 Å². The molecule has 1 N–H and O–H groups in total. The quantitative estimate of drug-likeness (QED) is 0.795. The lowest BCUT2D eigenvalue weighted by Crippen LogP contribution is -2.05. The third-order valence-electron chi connectivity index (χ3n) is 2.85. The summed E-state index contributed by atoms with van der Waals surface area (Å²) < 4.78 is 3.81. The molecule has 0 aliphatic heterocycles. The predicted octanol–water partition coefficient (Wildman–Crippen LogP) is 2.14. The van der Waals surface area contributed by atoms with Gasteiger partial charge in [-0.3, -0.25) is 4.68 Å². The summed E-state index contributed by atoms with van der Waals surface area (Å²) in [4.78, 5) is 12.3. The predicted molar refractivity (Wildman–Crippen MR) is 77.6 cm³/mol. The third-order valence-corrected chi connectivity index (χ3v) is 4.07. The zero-order valence-corrected chi connectivity index (χ0v) is 12.5. The fourth-order valence-electron chi connectivity index (χ4n) is 1.98. The van der Waals surface area contributed by atoms with Gasteiger partial charge in [-0.1, -0.05) is 16.8 Å². The van der Waals surface area contributed by atoms with Crippen LogP contribution in [-0.4, -0.2) is 35.9 Å². The second-order valence-corrected chi connectivity index (χ2v) is 6.16. The van der Waals surface area contributed by atoms with Crippen molar-refractivity contribution in [3.63, 3.8) is 0 Å². The van der Waals surface area contributed by atoms with Gasteiger partial charge in [0.1, 0.15) is 5.69 Å². The largest absolute Gasteiger partial charge is 0.476 e. The highest BCUT2D eigenvalue weighted by molar-refractivity contribution is 7.16. The average molecular weight is 324 g/mol. The van der Waals surface area contributed by atoms with Crippen LogP contribution in [0.2, 0.25) is 4.34 Å². The van der Waals surface area contributed by atoms with Crippen molar-refractivity contribution in [2.45, 2.75) is 6.54 Å². The maximum atomic E-state index is 11.3. The van der Waals surface area contributed by atoms with Gasteiger partial charge in [-0.15, -0.1) is 16.4 Å². The summed E-state index contributed by atoms with van der Waals surface area (Å²) in [5.41, 5.74) is 0.994. The number of halogens is 1. The minimum Gasteiger partial charge on any atom is -0.476 e. The Hall–Kier alpha value is -2.19. The molecule has 3 aromatic rings. The topological polar surface area (TPSA) is 85.8 Å². The number of hydrogen-bond acceptors (Lipinski definition) is 5. The SMILES string of the molecule is Cn1cc(-c2c(C(=O)O)nnn2Cc2ccc(Cl)s2)cn1. The first-order valence-corrected chi connectivity index (χ1v) is 7.14. The molecule has 0 radical (unpaired) electrons. The van der Waals surface area contributed by atoms with Crippen LogP contribution in [-0.2, 0) is 13.6 Å². The van der Waals surface area contributed by atoms with Crippen LogP contribution in [0.5, 0.6) is 0 Å². The Labute approximate surface area is 128 Å².